The van der Waals surface area contributed by atoms with Crippen molar-refractivity contribution in [3.8, 4) is 0 Å². The molecule has 0 saturated carbocycles. The first-order valence-electron chi connectivity index (χ1n) is 8.00. The van der Waals surface area contributed by atoms with E-state index in [4.69, 9.17) is 26.4 Å². The molecule has 0 atom stereocenters. The van der Waals surface area contributed by atoms with Crippen LogP contribution >= 0.6 is 11.6 Å². The van der Waals surface area contributed by atoms with Gasteiger partial charge in [-0.15, -0.1) is 0 Å². The Bertz CT molecular complexity index is 711. The molecule has 4 nitrogen and oxygen atoms in total. The third-order valence-corrected chi connectivity index (χ3v) is 4.86. The number of aryl methyl sites for hydroxylation is 1. The number of pyridine rings is 1. The molecule has 3 rings (SSSR count). The Morgan fingerprint density at radius 2 is 2.04 bits per heavy atom. The Morgan fingerprint density at radius 1 is 1.30 bits per heavy atom. The van der Waals surface area contributed by atoms with Crippen LogP contribution in [0.4, 0.5) is 0 Å². The van der Waals surface area contributed by atoms with E-state index in [1.807, 2.05) is 24.3 Å². The van der Waals surface area contributed by atoms with Gasteiger partial charge in [0.1, 0.15) is 0 Å². The summed E-state index contributed by atoms with van der Waals surface area (Å²) >= 11 is 6.60. The number of benzene rings is 1. The lowest BCUT2D eigenvalue weighted by molar-refractivity contribution is -0.136. The molecule has 1 N–H and O–H groups in total. The van der Waals surface area contributed by atoms with Crippen molar-refractivity contribution < 1.29 is 14.6 Å². The summed E-state index contributed by atoms with van der Waals surface area (Å²) in [5.74, 6) is -0.282. The highest BCUT2D eigenvalue weighted by Crippen LogP contribution is 2.31. The summed E-state index contributed by atoms with van der Waals surface area (Å²) in [5, 5.41) is 10.6. The molecular weight excluding hydrogens is 314 g/mol. The van der Waals surface area contributed by atoms with Crippen LogP contribution in [0.5, 0.6) is 0 Å². The average Bonchev–Trinajstić information content (AvgIpc) is 2.56. The van der Waals surface area contributed by atoms with E-state index in [9.17, 15) is 4.79 Å². The molecular formula is C18H20ClNO3. The number of hydrogen-bond donors (Lipinski definition) is 1. The van der Waals surface area contributed by atoms with E-state index in [0.29, 0.717) is 17.4 Å². The number of ether oxygens (including phenoxy) is 1. The first kappa shape index (κ1) is 16.2. The molecule has 23 heavy (non-hydrogen) atoms. The maximum Gasteiger partial charge on any atom is 0.303 e. The quantitative estimate of drug-likeness (QED) is 0.902. The molecule has 122 valence electrons. The summed E-state index contributed by atoms with van der Waals surface area (Å²) in [6.45, 7) is 1.59. The lowest BCUT2D eigenvalue weighted by Crippen LogP contribution is -2.18. The molecule has 0 amide bonds. The van der Waals surface area contributed by atoms with E-state index in [2.05, 4.69) is 0 Å². The zero-order valence-corrected chi connectivity index (χ0v) is 13.7. The molecule has 1 aromatic heterocycles. The monoisotopic (exact) mass is 333 g/mol. The van der Waals surface area contributed by atoms with E-state index in [0.717, 1.165) is 54.6 Å². The molecule has 1 aliphatic heterocycles. The maximum atomic E-state index is 10.9. The standard InChI is InChI=1S/C18H20ClNO3/c19-18-14(5-6-17(21)22)13-3-1-2-4-15(13)20-16(18)11-12-7-9-23-10-8-12/h1-4,12H,5-11H2,(H,21,22). The van der Waals surface area contributed by atoms with Gasteiger partial charge in [-0.1, -0.05) is 29.8 Å². The zero-order chi connectivity index (χ0) is 16.2. The maximum absolute atomic E-state index is 10.9. The zero-order valence-electron chi connectivity index (χ0n) is 12.9. The Morgan fingerprint density at radius 3 is 2.78 bits per heavy atom. The average molecular weight is 334 g/mol. The van der Waals surface area contributed by atoms with Gasteiger partial charge in [0.05, 0.1) is 16.2 Å². The van der Waals surface area contributed by atoms with Gasteiger partial charge < -0.3 is 9.84 Å². The summed E-state index contributed by atoms with van der Waals surface area (Å²) < 4.78 is 5.41. The fourth-order valence-electron chi connectivity index (χ4n) is 3.15. The molecule has 1 saturated heterocycles. The van der Waals surface area contributed by atoms with E-state index in [1.54, 1.807) is 0 Å². The predicted molar refractivity (Wildman–Crippen MR) is 90.0 cm³/mol. The molecule has 2 aromatic rings. The van der Waals surface area contributed by atoms with E-state index in [1.165, 1.54) is 0 Å². The second-order valence-electron chi connectivity index (χ2n) is 6.02. The van der Waals surface area contributed by atoms with Crippen molar-refractivity contribution in [2.24, 2.45) is 5.92 Å². The van der Waals surface area contributed by atoms with Gasteiger partial charge in [-0.3, -0.25) is 9.78 Å². The largest absolute Gasteiger partial charge is 0.481 e. The minimum Gasteiger partial charge on any atom is -0.481 e. The Balaban J connectivity index is 1.96. The van der Waals surface area contributed by atoms with Crippen LogP contribution in [0.15, 0.2) is 24.3 Å². The number of carboxylic acids is 1. The molecule has 2 heterocycles. The van der Waals surface area contributed by atoms with E-state index < -0.39 is 5.97 Å². The Hall–Kier alpha value is -1.65. The van der Waals surface area contributed by atoms with Gasteiger partial charge in [0, 0.05) is 25.0 Å². The number of carboxylic acid groups (broad SMARTS) is 1. The first-order valence-corrected chi connectivity index (χ1v) is 8.38. The molecule has 0 aliphatic carbocycles. The predicted octanol–water partition coefficient (Wildman–Crippen LogP) is 3.87. The Kier molecular flexibility index (Phi) is 5.13. The summed E-state index contributed by atoms with van der Waals surface area (Å²) in [7, 11) is 0. The highest BCUT2D eigenvalue weighted by atomic mass is 35.5. The minimum absolute atomic E-state index is 0.0738. The van der Waals surface area contributed by atoms with Crippen LogP contribution in [0.1, 0.15) is 30.5 Å². The third-order valence-electron chi connectivity index (χ3n) is 4.41. The van der Waals surface area contributed by atoms with Crippen LogP contribution in [0.3, 0.4) is 0 Å². The second kappa shape index (κ2) is 7.28. The lowest BCUT2D eigenvalue weighted by Gasteiger charge is -2.22. The molecule has 1 fully saturated rings. The number of halogens is 1. The van der Waals surface area contributed by atoms with Crippen LogP contribution in [0.25, 0.3) is 10.9 Å². The highest BCUT2D eigenvalue weighted by molar-refractivity contribution is 6.33. The Labute approximate surface area is 140 Å². The second-order valence-corrected chi connectivity index (χ2v) is 6.40. The van der Waals surface area contributed by atoms with Crippen molar-refractivity contribution in [1.82, 2.24) is 4.98 Å². The first-order chi connectivity index (χ1) is 11.1. The van der Waals surface area contributed by atoms with Crippen LogP contribution in [-0.2, 0) is 22.4 Å². The number of para-hydroxylation sites is 1. The summed E-state index contributed by atoms with van der Waals surface area (Å²) in [5.41, 5.74) is 2.68. The van der Waals surface area contributed by atoms with Crippen molar-refractivity contribution in [2.45, 2.75) is 32.1 Å². The van der Waals surface area contributed by atoms with Crippen molar-refractivity contribution >= 4 is 28.5 Å². The SMILES string of the molecule is O=C(O)CCc1c(Cl)c(CC2CCOCC2)nc2ccccc12. The summed E-state index contributed by atoms with van der Waals surface area (Å²) in [4.78, 5) is 15.7. The van der Waals surface area contributed by atoms with Crippen LogP contribution in [0, 0.1) is 5.92 Å². The van der Waals surface area contributed by atoms with Crippen molar-refractivity contribution in [3.05, 3.63) is 40.5 Å². The molecule has 0 unspecified atom stereocenters. The molecule has 0 bridgehead atoms. The number of aromatic nitrogens is 1. The normalized spacial score (nSPS) is 15.9. The lowest BCUT2D eigenvalue weighted by atomic mass is 9.93. The number of hydrogen-bond acceptors (Lipinski definition) is 3. The van der Waals surface area contributed by atoms with Crippen LogP contribution in [0.2, 0.25) is 5.02 Å². The summed E-state index contributed by atoms with van der Waals surface area (Å²) in [6, 6.07) is 7.80. The van der Waals surface area contributed by atoms with Gasteiger partial charge in [-0.25, -0.2) is 0 Å². The van der Waals surface area contributed by atoms with E-state index >= 15 is 0 Å². The molecule has 0 spiro atoms. The van der Waals surface area contributed by atoms with Crippen LogP contribution in [-0.4, -0.2) is 29.3 Å². The van der Waals surface area contributed by atoms with Gasteiger partial charge in [0.2, 0.25) is 0 Å². The number of nitrogens with zero attached hydrogens (tertiary/aromatic N) is 1. The molecule has 1 aromatic carbocycles. The number of aliphatic carboxylic acids is 1. The van der Waals surface area contributed by atoms with Crippen molar-refractivity contribution in [1.29, 1.82) is 0 Å². The fraction of sp³-hybridized carbons (Fsp3) is 0.444. The number of carbonyl (C=O) groups is 1. The molecule has 5 heteroatoms. The fourth-order valence-corrected chi connectivity index (χ4v) is 3.46. The van der Waals surface area contributed by atoms with Crippen molar-refractivity contribution in [2.75, 3.05) is 13.2 Å². The van der Waals surface area contributed by atoms with Gasteiger partial charge in [0.15, 0.2) is 0 Å². The van der Waals surface area contributed by atoms with Gasteiger partial charge in [0.25, 0.3) is 0 Å². The topological polar surface area (TPSA) is 59.4 Å². The molecule has 1 aliphatic rings. The molecule has 0 radical (unpaired) electrons. The van der Waals surface area contributed by atoms with Crippen molar-refractivity contribution in [3.63, 3.8) is 0 Å². The number of fused-ring (bicyclic) bond motifs is 1. The minimum atomic E-state index is -0.812. The third kappa shape index (κ3) is 3.82. The van der Waals surface area contributed by atoms with Gasteiger partial charge in [-0.2, -0.15) is 0 Å². The van der Waals surface area contributed by atoms with E-state index in [-0.39, 0.29) is 6.42 Å². The smallest absolute Gasteiger partial charge is 0.303 e. The summed E-state index contributed by atoms with van der Waals surface area (Å²) in [6.07, 6.45) is 3.38. The highest BCUT2D eigenvalue weighted by Gasteiger charge is 2.20. The number of rotatable bonds is 5. The van der Waals surface area contributed by atoms with Gasteiger partial charge in [-0.05, 0) is 43.2 Å². The van der Waals surface area contributed by atoms with Gasteiger partial charge >= 0.3 is 5.97 Å². The van der Waals surface area contributed by atoms with Crippen LogP contribution < -0.4 is 0 Å².